The molecule has 0 bridgehead atoms. The van der Waals surface area contributed by atoms with Crippen molar-refractivity contribution in [1.82, 2.24) is 10.2 Å². The number of carbonyl (C=O) groups is 2. The van der Waals surface area contributed by atoms with Crippen molar-refractivity contribution >= 4 is 39.1 Å². The van der Waals surface area contributed by atoms with Crippen molar-refractivity contribution in [3.8, 4) is 5.75 Å². The number of sulfonamides is 1. The first kappa shape index (κ1) is 32.0. The maximum atomic E-state index is 14.1. The zero-order valence-electron chi connectivity index (χ0n) is 23.9. The van der Waals surface area contributed by atoms with Gasteiger partial charge in [-0.25, -0.2) is 8.42 Å². The molecule has 2 amide bonds. The van der Waals surface area contributed by atoms with E-state index in [0.29, 0.717) is 30.2 Å². The summed E-state index contributed by atoms with van der Waals surface area (Å²) >= 11 is 6.03. The van der Waals surface area contributed by atoms with Crippen LogP contribution in [-0.4, -0.2) is 56.9 Å². The molecular weight excluding hydrogens is 562 g/mol. The summed E-state index contributed by atoms with van der Waals surface area (Å²) in [4.78, 5) is 28.8. The molecule has 0 aromatic heterocycles. The summed E-state index contributed by atoms with van der Waals surface area (Å²) in [5.74, 6) is -0.470. The van der Waals surface area contributed by atoms with Gasteiger partial charge in [-0.1, -0.05) is 61.0 Å². The summed E-state index contributed by atoms with van der Waals surface area (Å²) in [5, 5.41) is 3.29. The first-order chi connectivity index (χ1) is 19.6. The minimum atomic E-state index is -4.23. The molecule has 0 fully saturated rings. The molecule has 0 heterocycles. The van der Waals surface area contributed by atoms with Crippen molar-refractivity contribution in [2.24, 2.45) is 0 Å². The van der Waals surface area contributed by atoms with Gasteiger partial charge in [0.15, 0.2) is 0 Å². The standard InChI is InChI=1S/C31H38ClN3O5S/c1-5-27(31(37)33-23(3)4)34(21-20-24-12-8-7-9-13-24)30(36)22-35(28-14-10-11-15-29(28)40-6-2)41(38,39)26-18-16-25(32)17-19-26/h7-19,23,27H,5-6,20-22H2,1-4H3,(H,33,37)/t27-/m1/s1. The Morgan fingerprint density at radius 2 is 1.56 bits per heavy atom. The van der Waals surface area contributed by atoms with E-state index < -0.39 is 28.5 Å². The smallest absolute Gasteiger partial charge is 0.264 e. The molecule has 3 aromatic rings. The molecule has 0 aliphatic rings. The predicted octanol–water partition coefficient (Wildman–Crippen LogP) is 5.31. The summed E-state index contributed by atoms with van der Waals surface area (Å²) in [6.07, 6.45) is 0.857. The van der Waals surface area contributed by atoms with Crippen molar-refractivity contribution in [3.63, 3.8) is 0 Å². The molecule has 10 heteroatoms. The van der Waals surface area contributed by atoms with Crippen LogP contribution in [0.3, 0.4) is 0 Å². The maximum absolute atomic E-state index is 14.1. The van der Waals surface area contributed by atoms with Gasteiger partial charge in [0.05, 0.1) is 17.2 Å². The molecule has 0 unspecified atom stereocenters. The Balaban J connectivity index is 2.06. The highest BCUT2D eigenvalue weighted by atomic mass is 35.5. The van der Waals surface area contributed by atoms with Crippen LogP contribution in [0.5, 0.6) is 5.75 Å². The van der Waals surface area contributed by atoms with Gasteiger partial charge in [0.2, 0.25) is 11.8 Å². The number of carbonyl (C=O) groups excluding carboxylic acids is 2. The Morgan fingerprint density at radius 3 is 2.17 bits per heavy atom. The molecule has 3 rings (SSSR count). The fourth-order valence-electron chi connectivity index (χ4n) is 4.46. The molecule has 0 saturated carbocycles. The second-order valence-corrected chi connectivity index (χ2v) is 12.1. The molecule has 1 atom stereocenters. The zero-order valence-corrected chi connectivity index (χ0v) is 25.5. The molecule has 41 heavy (non-hydrogen) atoms. The Hall–Kier alpha value is -3.56. The first-order valence-electron chi connectivity index (χ1n) is 13.7. The Kier molecular flexibility index (Phi) is 11.6. The van der Waals surface area contributed by atoms with E-state index in [4.69, 9.17) is 16.3 Å². The van der Waals surface area contributed by atoms with Crippen LogP contribution in [0.25, 0.3) is 0 Å². The second-order valence-electron chi connectivity index (χ2n) is 9.78. The number of rotatable bonds is 14. The predicted molar refractivity (Wildman–Crippen MR) is 163 cm³/mol. The van der Waals surface area contributed by atoms with Crippen LogP contribution in [0.2, 0.25) is 5.02 Å². The van der Waals surface area contributed by atoms with Gasteiger partial charge >= 0.3 is 0 Å². The van der Waals surface area contributed by atoms with Crippen LogP contribution >= 0.6 is 11.6 Å². The molecule has 0 aliphatic carbocycles. The number of hydrogen-bond acceptors (Lipinski definition) is 5. The molecule has 0 saturated heterocycles. The number of ether oxygens (including phenoxy) is 1. The highest BCUT2D eigenvalue weighted by Gasteiger charge is 2.34. The monoisotopic (exact) mass is 599 g/mol. The van der Waals surface area contributed by atoms with Gasteiger partial charge in [0.1, 0.15) is 18.3 Å². The SMILES string of the molecule is CCOc1ccccc1N(CC(=O)N(CCc1ccccc1)[C@H](CC)C(=O)NC(C)C)S(=O)(=O)c1ccc(Cl)cc1. The molecule has 220 valence electrons. The Bertz CT molecular complexity index is 1400. The van der Waals surface area contributed by atoms with Crippen LogP contribution in [0.1, 0.15) is 39.7 Å². The minimum Gasteiger partial charge on any atom is -0.492 e. The lowest BCUT2D eigenvalue weighted by atomic mass is 10.1. The maximum Gasteiger partial charge on any atom is 0.264 e. The number of nitrogens with zero attached hydrogens (tertiary/aromatic N) is 2. The fourth-order valence-corrected chi connectivity index (χ4v) is 6.02. The molecule has 3 aromatic carbocycles. The lowest BCUT2D eigenvalue weighted by Gasteiger charge is -2.34. The van der Waals surface area contributed by atoms with Crippen LogP contribution in [0.4, 0.5) is 5.69 Å². The summed E-state index contributed by atoms with van der Waals surface area (Å²) in [6.45, 7) is 7.34. The van der Waals surface area contributed by atoms with Crippen molar-refractivity contribution in [2.75, 3.05) is 24.0 Å². The van der Waals surface area contributed by atoms with E-state index in [1.54, 1.807) is 31.2 Å². The van der Waals surface area contributed by atoms with Crippen LogP contribution in [-0.2, 0) is 26.0 Å². The lowest BCUT2D eigenvalue weighted by molar-refractivity contribution is -0.139. The number of anilines is 1. The molecular formula is C31H38ClN3O5S. The van der Waals surface area contributed by atoms with Crippen LogP contribution < -0.4 is 14.4 Å². The van der Waals surface area contributed by atoms with Gasteiger partial charge in [-0.15, -0.1) is 0 Å². The third kappa shape index (κ3) is 8.47. The van der Waals surface area contributed by atoms with E-state index >= 15 is 0 Å². The number of para-hydroxylation sites is 2. The van der Waals surface area contributed by atoms with E-state index in [2.05, 4.69) is 5.32 Å². The largest absolute Gasteiger partial charge is 0.492 e. The number of hydrogen-bond donors (Lipinski definition) is 1. The molecule has 1 N–H and O–H groups in total. The average Bonchev–Trinajstić information content (AvgIpc) is 2.94. The zero-order chi connectivity index (χ0) is 30.0. The van der Waals surface area contributed by atoms with Gasteiger partial charge in [-0.3, -0.25) is 13.9 Å². The van der Waals surface area contributed by atoms with Crippen molar-refractivity contribution in [2.45, 2.75) is 57.5 Å². The van der Waals surface area contributed by atoms with Crippen molar-refractivity contribution in [3.05, 3.63) is 89.4 Å². The van der Waals surface area contributed by atoms with Gasteiger partial charge in [-0.05, 0) is 75.6 Å². The molecule has 8 nitrogen and oxygen atoms in total. The highest BCUT2D eigenvalue weighted by molar-refractivity contribution is 7.92. The quantitative estimate of drug-likeness (QED) is 0.271. The normalized spacial score (nSPS) is 12.0. The second kappa shape index (κ2) is 14.9. The molecule has 0 aliphatic heterocycles. The summed E-state index contributed by atoms with van der Waals surface area (Å²) < 4.78 is 34.9. The number of nitrogens with one attached hydrogen (secondary N) is 1. The average molecular weight is 600 g/mol. The third-order valence-corrected chi connectivity index (χ3v) is 8.44. The van der Waals surface area contributed by atoms with E-state index in [9.17, 15) is 18.0 Å². The van der Waals surface area contributed by atoms with Crippen molar-refractivity contribution < 1.29 is 22.7 Å². The fraction of sp³-hybridized carbons (Fsp3) is 0.355. The first-order valence-corrected chi connectivity index (χ1v) is 15.5. The highest BCUT2D eigenvalue weighted by Crippen LogP contribution is 2.33. The topological polar surface area (TPSA) is 96.0 Å². The van der Waals surface area contributed by atoms with E-state index in [-0.39, 0.29) is 29.1 Å². The number of amides is 2. The number of halogens is 1. The van der Waals surface area contributed by atoms with Gasteiger partial charge < -0.3 is 15.0 Å². The van der Waals surface area contributed by atoms with Crippen molar-refractivity contribution in [1.29, 1.82) is 0 Å². The summed E-state index contributed by atoms with van der Waals surface area (Å²) in [5.41, 5.74) is 1.22. The Labute approximate surface area is 248 Å². The van der Waals surface area contributed by atoms with Crippen LogP contribution in [0, 0.1) is 0 Å². The van der Waals surface area contributed by atoms with E-state index in [1.165, 1.54) is 29.2 Å². The van der Waals surface area contributed by atoms with E-state index in [0.717, 1.165) is 9.87 Å². The summed E-state index contributed by atoms with van der Waals surface area (Å²) in [7, 11) is -4.23. The third-order valence-electron chi connectivity index (χ3n) is 6.42. The molecule has 0 radical (unpaired) electrons. The van der Waals surface area contributed by atoms with Gasteiger partial charge in [0.25, 0.3) is 10.0 Å². The van der Waals surface area contributed by atoms with E-state index in [1.807, 2.05) is 51.1 Å². The van der Waals surface area contributed by atoms with Gasteiger partial charge in [0, 0.05) is 17.6 Å². The number of benzene rings is 3. The Morgan fingerprint density at radius 1 is 0.927 bits per heavy atom. The van der Waals surface area contributed by atoms with Gasteiger partial charge in [-0.2, -0.15) is 0 Å². The minimum absolute atomic E-state index is 0.0265. The van der Waals surface area contributed by atoms with Crippen LogP contribution in [0.15, 0.2) is 83.8 Å². The molecule has 0 spiro atoms. The summed E-state index contributed by atoms with van der Waals surface area (Å²) in [6, 6.07) is 21.2. The lowest BCUT2D eigenvalue weighted by Crippen LogP contribution is -2.54.